The van der Waals surface area contributed by atoms with Crippen LogP contribution < -0.4 is 15.6 Å². The Kier molecular flexibility index (Phi) is 6.25. The smallest absolute Gasteiger partial charge is 0.251 e. The lowest BCUT2D eigenvalue weighted by molar-refractivity contribution is 0.0843. The van der Waals surface area contributed by atoms with Crippen LogP contribution in [0.4, 0.5) is 0 Å². The fourth-order valence-corrected chi connectivity index (χ4v) is 2.19. The first-order valence-corrected chi connectivity index (χ1v) is 7.84. The van der Waals surface area contributed by atoms with Gasteiger partial charge in [0.2, 0.25) is 0 Å². The summed E-state index contributed by atoms with van der Waals surface area (Å²) in [6.45, 7) is -0.108. The molecule has 2 N–H and O–H groups in total. The Bertz CT molecular complexity index is 792. The van der Waals surface area contributed by atoms with Crippen molar-refractivity contribution in [3.05, 3.63) is 62.5 Å². The summed E-state index contributed by atoms with van der Waals surface area (Å²) >= 11 is 11.8. The maximum atomic E-state index is 11.9. The first-order valence-electron chi connectivity index (χ1n) is 7.08. The predicted molar refractivity (Wildman–Crippen MR) is 92.0 cm³/mol. The number of carbonyl (C=O) groups is 1. The molecule has 0 saturated carbocycles. The first kappa shape index (κ1) is 18.3. The second-order valence-corrected chi connectivity index (χ2v) is 5.88. The molecule has 0 radical (unpaired) electrons. The monoisotopic (exact) mass is 370 g/mol. The quantitative estimate of drug-likeness (QED) is 0.813. The third kappa shape index (κ3) is 4.74. The van der Waals surface area contributed by atoms with Crippen molar-refractivity contribution in [2.45, 2.75) is 6.10 Å². The van der Waals surface area contributed by atoms with E-state index in [1.54, 1.807) is 25.2 Å². The Morgan fingerprint density at radius 3 is 2.83 bits per heavy atom. The Balaban J connectivity index is 1.85. The molecule has 0 saturated heterocycles. The van der Waals surface area contributed by atoms with Crippen molar-refractivity contribution in [1.29, 1.82) is 0 Å². The largest absolute Gasteiger partial charge is 0.489 e. The molecular weight excluding hydrogens is 355 g/mol. The fourth-order valence-electron chi connectivity index (χ4n) is 1.84. The Hall–Kier alpha value is -2.02. The van der Waals surface area contributed by atoms with Crippen molar-refractivity contribution in [3.63, 3.8) is 0 Å². The van der Waals surface area contributed by atoms with Gasteiger partial charge in [-0.3, -0.25) is 9.59 Å². The number of nitrogens with zero attached hydrogens (tertiary/aromatic N) is 1. The van der Waals surface area contributed by atoms with E-state index in [0.29, 0.717) is 10.8 Å². The molecule has 128 valence electrons. The van der Waals surface area contributed by atoms with Crippen molar-refractivity contribution < 1.29 is 14.6 Å². The van der Waals surface area contributed by atoms with Crippen LogP contribution in [0.1, 0.15) is 10.4 Å². The van der Waals surface area contributed by atoms with Crippen LogP contribution in [-0.2, 0) is 7.05 Å². The third-order valence-corrected chi connectivity index (χ3v) is 4.01. The molecule has 0 fully saturated rings. The normalized spacial score (nSPS) is 11.8. The molecule has 2 aromatic rings. The molecule has 0 bridgehead atoms. The molecule has 1 amide bonds. The number of aliphatic hydroxyl groups excluding tert-OH is 1. The second-order valence-electron chi connectivity index (χ2n) is 5.09. The van der Waals surface area contributed by atoms with Gasteiger partial charge in [0.15, 0.2) is 0 Å². The third-order valence-electron chi connectivity index (χ3n) is 3.21. The highest BCUT2D eigenvalue weighted by Gasteiger charge is 2.12. The van der Waals surface area contributed by atoms with E-state index in [1.807, 2.05) is 0 Å². The molecule has 0 aliphatic heterocycles. The summed E-state index contributed by atoms with van der Waals surface area (Å²) in [5.74, 6) is -0.103. The zero-order valence-corrected chi connectivity index (χ0v) is 14.3. The number of halogens is 2. The van der Waals surface area contributed by atoms with Crippen LogP contribution in [0.15, 0.2) is 41.3 Å². The van der Waals surface area contributed by atoms with Crippen molar-refractivity contribution in [3.8, 4) is 5.75 Å². The number of benzene rings is 1. The second kappa shape index (κ2) is 8.19. The van der Waals surface area contributed by atoms with Gasteiger partial charge in [0.25, 0.3) is 11.5 Å². The molecule has 1 heterocycles. The minimum Gasteiger partial charge on any atom is -0.489 e. The van der Waals surface area contributed by atoms with E-state index in [9.17, 15) is 14.7 Å². The number of ether oxygens (including phenoxy) is 1. The number of hydrogen-bond donors (Lipinski definition) is 2. The minimum absolute atomic E-state index is 0.0355. The van der Waals surface area contributed by atoms with Gasteiger partial charge >= 0.3 is 0 Å². The number of aliphatic hydroxyl groups is 1. The molecule has 1 aromatic carbocycles. The number of hydrogen-bond acceptors (Lipinski definition) is 4. The Morgan fingerprint density at radius 1 is 1.38 bits per heavy atom. The molecule has 8 heteroatoms. The molecule has 2 rings (SSSR count). The highest BCUT2D eigenvalue weighted by molar-refractivity contribution is 6.42. The Morgan fingerprint density at radius 2 is 2.12 bits per heavy atom. The SMILES string of the molecule is Cn1ccc(C(=O)NC[C@@H](O)COc2cccc(Cl)c2Cl)cc1=O. The average molecular weight is 371 g/mol. The van der Waals surface area contributed by atoms with Gasteiger partial charge in [-0.2, -0.15) is 0 Å². The molecule has 0 spiro atoms. The topological polar surface area (TPSA) is 80.6 Å². The molecular formula is C16H16Cl2N2O4. The van der Waals surface area contributed by atoms with E-state index in [-0.39, 0.29) is 29.3 Å². The van der Waals surface area contributed by atoms with Gasteiger partial charge in [0.1, 0.15) is 23.5 Å². The van der Waals surface area contributed by atoms with Crippen LogP contribution in [0.25, 0.3) is 0 Å². The van der Waals surface area contributed by atoms with Crippen LogP contribution in [0.2, 0.25) is 10.0 Å². The first-order chi connectivity index (χ1) is 11.4. The molecule has 0 aliphatic rings. The van der Waals surface area contributed by atoms with Gasteiger partial charge in [-0.15, -0.1) is 0 Å². The standard InChI is InChI=1S/C16H16Cl2N2O4/c1-20-6-5-10(7-14(20)22)16(23)19-8-11(21)9-24-13-4-2-3-12(17)15(13)18/h2-7,11,21H,8-9H2,1H3,(H,19,23)/t11-/m1/s1. The maximum Gasteiger partial charge on any atom is 0.251 e. The predicted octanol–water partition coefficient (Wildman–Crippen LogP) is 1.86. The van der Waals surface area contributed by atoms with Crippen molar-refractivity contribution in [1.82, 2.24) is 9.88 Å². The number of nitrogens with one attached hydrogen (secondary N) is 1. The van der Waals surface area contributed by atoms with E-state index >= 15 is 0 Å². The van der Waals surface area contributed by atoms with E-state index in [2.05, 4.69) is 5.32 Å². The number of pyridine rings is 1. The zero-order chi connectivity index (χ0) is 17.7. The molecule has 6 nitrogen and oxygen atoms in total. The highest BCUT2D eigenvalue weighted by atomic mass is 35.5. The maximum absolute atomic E-state index is 11.9. The molecule has 24 heavy (non-hydrogen) atoms. The van der Waals surface area contributed by atoms with Crippen molar-refractivity contribution in [2.75, 3.05) is 13.2 Å². The Labute approximate surface area is 148 Å². The van der Waals surface area contributed by atoms with E-state index in [0.717, 1.165) is 0 Å². The molecule has 1 aromatic heterocycles. The van der Waals surface area contributed by atoms with E-state index < -0.39 is 12.0 Å². The fraction of sp³-hybridized carbons (Fsp3) is 0.250. The number of amides is 1. The summed E-state index contributed by atoms with van der Waals surface area (Å²) in [4.78, 5) is 23.4. The minimum atomic E-state index is -0.949. The number of aryl methyl sites for hydroxylation is 1. The van der Waals surface area contributed by atoms with E-state index in [4.69, 9.17) is 27.9 Å². The van der Waals surface area contributed by atoms with Gasteiger partial charge in [-0.05, 0) is 18.2 Å². The number of aromatic nitrogens is 1. The summed E-state index contributed by atoms with van der Waals surface area (Å²) in [6, 6.07) is 7.67. The zero-order valence-electron chi connectivity index (χ0n) is 12.8. The molecule has 0 aliphatic carbocycles. The summed E-state index contributed by atoms with van der Waals surface area (Å²) in [5, 5.41) is 13.0. The van der Waals surface area contributed by atoms with Gasteiger partial charge < -0.3 is 19.7 Å². The number of carbonyl (C=O) groups excluding carboxylic acids is 1. The van der Waals surface area contributed by atoms with Crippen LogP contribution in [0.5, 0.6) is 5.75 Å². The van der Waals surface area contributed by atoms with Crippen LogP contribution in [0, 0.1) is 0 Å². The molecule has 1 atom stereocenters. The van der Waals surface area contributed by atoms with Gasteiger partial charge in [-0.25, -0.2) is 0 Å². The molecule has 0 unspecified atom stereocenters. The summed E-state index contributed by atoms with van der Waals surface area (Å²) in [7, 11) is 1.59. The van der Waals surface area contributed by atoms with Crippen LogP contribution in [0.3, 0.4) is 0 Å². The number of rotatable bonds is 6. The highest BCUT2D eigenvalue weighted by Crippen LogP contribution is 2.31. The lowest BCUT2D eigenvalue weighted by atomic mass is 10.2. The van der Waals surface area contributed by atoms with E-state index in [1.165, 1.54) is 22.9 Å². The summed E-state index contributed by atoms with van der Waals surface area (Å²) in [6.07, 6.45) is 0.549. The summed E-state index contributed by atoms with van der Waals surface area (Å²) in [5.41, 5.74) is -0.0637. The average Bonchev–Trinajstić information content (AvgIpc) is 2.56. The van der Waals surface area contributed by atoms with Gasteiger partial charge in [0, 0.05) is 31.4 Å². The van der Waals surface area contributed by atoms with Crippen LogP contribution in [-0.4, -0.2) is 34.8 Å². The van der Waals surface area contributed by atoms with Crippen LogP contribution >= 0.6 is 23.2 Å². The van der Waals surface area contributed by atoms with Crippen molar-refractivity contribution in [2.24, 2.45) is 7.05 Å². The van der Waals surface area contributed by atoms with Gasteiger partial charge in [-0.1, -0.05) is 29.3 Å². The summed E-state index contributed by atoms with van der Waals surface area (Å²) < 4.78 is 6.74. The van der Waals surface area contributed by atoms with Crippen molar-refractivity contribution >= 4 is 29.1 Å². The van der Waals surface area contributed by atoms with Gasteiger partial charge in [0.05, 0.1) is 5.02 Å². The lowest BCUT2D eigenvalue weighted by Crippen LogP contribution is -2.35. The lowest BCUT2D eigenvalue weighted by Gasteiger charge is -2.14.